The molecule has 1 atom stereocenters. The van der Waals surface area contributed by atoms with Crippen molar-refractivity contribution in [2.24, 2.45) is 5.92 Å². The lowest BCUT2D eigenvalue weighted by Gasteiger charge is -2.15. The third-order valence-electron chi connectivity index (χ3n) is 2.79. The number of carboxylic acid groups (broad SMARTS) is 1. The van der Waals surface area contributed by atoms with E-state index in [0.717, 1.165) is 4.31 Å². The van der Waals surface area contributed by atoms with Gasteiger partial charge in [0.2, 0.25) is 10.0 Å². The molecule has 0 aliphatic rings. The summed E-state index contributed by atoms with van der Waals surface area (Å²) >= 11 is 0. The largest absolute Gasteiger partial charge is 0.481 e. The maximum atomic E-state index is 11.4. The Bertz CT molecular complexity index is 422. The second-order valence-electron chi connectivity index (χ2n) is 4.61. The third kappa shape index (κ3) is 7.95. The average molecular weight is 309 g/mol. The van der Waals surface area contributed by atoms with Crippen LogP contribution in [0.1, 0.15) is 19.8 Å². The van der Waals surface area contributed by atoms with Crippen molar-refractivity contribution in [3.8, 4) is 0 Å². The number of hydrogen-bond acceptors (Lipinski definition) is 4. The Hall–Kier alpha value is -1.35. The van der Waals surface area contributed by atoms with E-state index >= 15 is 0 Å². The van der Waals surface area contributed by atoms with Crippen molar-refractivity contribution in [2.45, 2.75) is 19.8 Å². The molecule has 0 fully saturated rings. The summed E-state index contributed by atoms with van der Waals surface area (Å²) in [6.45, 7) is 2.09. The Morgan fingerprint density at radius 3 is 2.30 bits per heavy atom. The number of sulfonamides is 1. The number of carbonyl (C=O) groups excluding carboxylic acids is 1. The fourth-order valence-electron chi connectivity index (χ4n) is 1.38. The van der Waals surface area contributed by atoms with Crippen LogP contribution in [0.25, 0.3) is 0 Å². The fraction of sp³-hybridized carbons (Fsp3) is 0.818. The molecule has 118 valence electrons. The van der Waals surface area contributed by atoms with Crippen LogP contribution in [-0.2, 0) is 14.8 Å². The molecule has 8 nitrogen and oxygen atoms in total. The van der Waals surface area contributed by atoms with Crippen molar-refractivity contribution in [1.82, 2.24) is 14.9 Å². The van der Waals surface area contributed by atoms with Gasteiger partial charge in [-0.05, 0) is 5.92 Å². The summed E-state index contributed by atoms with van der Waals surface area (Å²) in [4.78, 5) is 22.0. The minimum Gasteiger partial charge on any atom is -0.481 e. The Morgan fingerprint density at radius 2 is 1.85 bits per heavy atom. The maximum Gasteiger partial charge on any atom is 0.314 e. The number of nitrogens with zero attached hydrogens (tertiary/aromatic N) is 1. The minimum atomic E-state index is -3.33. The van der Waals surface area contributed by atoms with E-state index < -0.39 is 22.0 Å². The highest BCUT2D eigenvalue weighted by Crippen LogP contribution is 2.06. The van der Waals surface area contributed by atoms with Gasteiger partial charge >= 0.3 is 12.0 Å². The molecular weight excluding hydrogens is 286 g/mol. The highest BCUT2D eigenvalue weighted by Gasteiger charge is 2.15. The normalized spacial score (nSPS) is 13.0. The summed E-state index contributed by atoms with van der Waals surface area (Å²) in [5, 5.41) is 13.6. The first-order valence-corrected chi connectivity index (χ1v) is 7.93. The van der Waals surface area contributed by atoms with Crippen molar-refractivity contribution in [2.75, 3.05) is 32.9 Å². The van der Waals surface area contributed by atoms with Gasteiger partial charge in [-0.3, -0.25) is 4.79 Å². The highest BCUT2D eigenvalue weighted by atomic mass is 32.2. The van der Waals surface area contributed by atoms with Crippen LogP contribution in [0.3, 0.4) is 0 Å². The summed E-state index contributed by atoms with van der Waals surface area (Å²) in [5.41, 5.74) is 0. The van der Waals surface area contributed by atoms with Crippen LogP contribution in [-0.4, -0.2) is 62.8 Å². The van der Waals surface area contributed by atoms with Gasteiger partial charge in [0.25, 0.3) is 0 Å². The van der Waals surface area contributed by atoms with Crippen molar-refractivity contribution in [3.63, 3.8) is 0 Å². The first-order valence-electron chi connectivity index (χ1n) is 6.32. The molecule has 0 saturated carbocycles. The lowest BCUT2D eigenvalue weighted by molar-refractivity contribution is -0.138. The van der Waals surface area contributed by atoms with E-state index in [2.05, 4.69) is 10.6 Å². The molecule has 0 radical (unpaired) electrons. The average Bonchev–Trinajstić information content (AvgIpc) is 2.33. The molecule has 0 aromatic heterocycles. The van der Waals surface area contributed by atoms with Gasteiger partial charge in [-0.25, -0.2) is 17.5 Å². The van der Waals surface area contributed by atoms with Gasteiger partial charge in [0, 0.05) is 33.6 Å². The molecule has 0 saturated heterocycles. The van der Waals surface area contributed by atoms with Crippen LogP contribution in [0.2, 0.25) is 0 Å². The molecule has 9 heteroatoms. The zero-order chi connectivity index (χ0) is 15.8. The lowest BCUT2D eigenvalue weighted by atomic mass is 10.0. The van der Waals surface area contributed by atoms with Gasteiger partial charge in [-0.15, -0.1) is 0 Å². The summed E-state index contributed by atoms with van der Waals surface area (Å²) in [5.74, 6) is -1.22. The number of aliphatic carboxylic acids is 1. The fourth-order valence-corrected chi connectivity index (χ4v) is 2.11. The predicted octanol–water partition coefficient (Wildman–Crippen LogP) is -0.322. The molecule has 0 heterocycles. The van der Waals surface area contributed by atoms with Gasteiger partial charge in [0.1, 0.15) is 0 Å². The molecular formula is C11H23N3O5S. The molecule has 0 bridgehead atoms. The van der Waals surface area contributed by atoms with Crippen LogP contribution < -0.4 is 10.6 Å². The van der Waals surface area contributed by atoms with Gasteiger partial charge < -0.3 is 15.7 Å². The number of hydrogen-bond donors (Lipinski definition) is 3. The van der Waals surface area contributed by atoms with Crippen molar-refractivity contribution < 1.29 is 23.1 Å². The van der Waals surface area contributed by atoms with Crippen LogP contribution in [0.4, 0.5) is 4.79 Å². The van der Waals surface area contributed by atoms with Gasteiger partial charge in [-0.1, -0.05) is 13.3 Å². The summed E-state index contributed by atoms with van der Waals surface area (Å²) in [6.07, 6.45) is 0.632. The topological polar surface area (TPSA) is 116 Å². The summed E-state index contributed by atoms with van der Waals surface area (Å²) in [6, 6.07) is -0.497. The van der Waals surface area contributed by atoms with E-state index in [1.165, 1.54) is 14.1 Å². The Kier molecular flexibility index (Phi) is 8.16. The molecule has 0 rings (SSSR count). The van der Waals surface area contributed by atoms with Crippen LogP contribution in [0.5, 0.6) is 0 Å². The second-order valence-corrected chi connectivity index (χ2v) is 6.91. The number of amides is 2. The molecule has 0 aliphatic heterocycles. The Morgan fingerprint density at radius 1 is 1.25 bits per heavy atom. The number of urea groups is 1. The van der Waals surface area contributed by atoms with Crippen LogP contribution in [0, 0.1) is 5.92 Å². The smallest absolute Gasteiger partial charge is 0.314 e. The summed E-state index contributed by atoms with van der Waals surface area (Å²) < 4.78 is 24.0. The van der Waals surface area contributed by atoms with E-state index in [1.807, 2.05) is 6.92 Å². The van der Waals surface area contributed by atoms with Crippen molar-refractivity contribution >= 4 is 22.0 Å². The lowest BCUT2D eigenvalue weighted by Crippen LogP contribution is -2.41. The molecule has 0 aromatic rings. The number of carboxylic acids is 1. The molecule has 20 heavy (non-hydrogen) atoms. The Balaban J connectivity index is 3.98. The molecule has 3 N–H and O–H groups in total. The van der Waals surface area contributed by atoms with Crippen LogP contribution >= 0.6 is 0 Å². The third-order valence-corrected chi connectivity index (χ3v) is 4.63. The SMILES string of the molecule is CCC(CNC(=O)NCCS(=O)(=O)N(C)C)CC(=O)O. The van der Waals surface area contributed by atoms with Gasteiger partial charge in [-0.2, -0.15) is 0 Å². The molecule has 0 aliphatic carbocycles. The van der Waals surface area contributed by atoms with Crippen molar-refractivity contribution in [3.05, 3.63) is 0 Å². The first kappa shape index (κ1) is 18.7. The molecule has 0 spiro atoms. The monoisotopic (exact) mass is 309 g/mol. The molecule has 1 unspecified atom stereocenters. The number of carbonyl (C=O) groups is 2. The molecule has 2 amide bonds. The Labute approximate surface area is 119 Å². The van der Waals surface area contributed by atoms with E-state index in [9.17, 15) is 18.0 Å². The van der Waals surface area contributed by atoms with E-state index in [4.69, 9.17) is 5.11 Å². The van der Waals surface area contributed by atoms with Crippen LogP contribution in [0.15, 0.2) is 0 Å². The van der Waals surface area contributed by atoms with Crippen molar-refractivity contribution in [1.29, 1.82) is 0 Å². The first-order chi connectivity index (χ1) is 9.19. The van der Waals surface area contributed by atoms with E-state index in [0.29, 0.717) is 6.42 Å². The maximum absolute atomic E-state index is 11.4. The van der Waals surface area contributed by atoms with E-state index in [-0.39, 0.29) is 31.2 Å². The quantitative estimate of drug-likeness (QED) is 0.540. The predicted molar refractivity (Wildman–Crippen MR) is 74.9 cm³/mol. The van der Waals surface area contributed by atoms with E-state index in [1.54, 1.807) is 0 Å². The highest BCUT2D eigenvalue weighted by molar-refractivity contribution is 7.89. The molecule has 0 aromatic carbocycles. The number of rotatable bonds is 9. The number of nitrogens with one attached hydrogen (secondary N) is 2. The van der Waals surface area contributed by atoms with Gasteiger partial charge in [0.05, 0.1) is 5.75 Å². The standard InChI is InChI=1S/C11H23N3O5S/c1-4-9(7-10(15)16)8-13-11(17)12-5-6-20(18,19)14(2)3/h9H,4-8H2,1-3H3,(H,15,16)(H2,12,13,17). The summed E-state index contributed by atoms with van der Waals surface area (Å²) in [7, 11) is -0.485. The second kappa shape index (κ2) is 8.75. The minimum absolute atomic E-state index is 0.00205. The van der Waals surface area contributed by atoms with Gasteiger partial charge in [0.15, 0.2) is 0 Å². The zero-order valence-corrected chi connectivity index (χ0v) is 12.9. The zero-order valence-electron chi connectivity index (χ0n) is 12.0.